The van der Waals surface area contributed by atoms with Gasteiger partial charge in [0.1, 0.15) is 12.0 Å². The molecule has 2 aromatic rings. The standard InChI is InChI=1S/C12H13N2/c1-11-13-8-10-14(11)9-7-12-5-3-2-4-6-12/h2-6,10H,7,9H2,1H3. The fourth-order valence-electron chi connectivity index (χ4n) is 1.47. The number of aromatic nitrogens is 2. The zero-order valence-corrected chi connectivity index (χ0v) is 8.27. The van der Waals surface area contributed by atoms with Crippen molar-refractivity contribution in [2.24, 2.45) is 0 Å². The molecule has 0 aliphatic heterocycles. The normalized spacial score (nSPS) is 10.4. The van der Waals surface area contributed by atoms with Crippen molar-refractivity contribution in [3.63, 3.8) is 0 Å². The van der Waals surface area contributed by atoms with Gasteiger partial charge in [0, 0.05) is 12.7 Å². The van der Waals surface area contributed by atoms with E-state index in [9.17, 15) is 0 Å². The first-order valence-electron chi connectivity index (χ1n) is 4.80. The molecule has 0 aliphatic rings. The molecule has 1 radical (unpaired) electrons. The number of nitrogens with zero attached hydrogens (tertiary/aromatic N) is 2. The van der Waals surface area contributed by atoms with E-state index in [4.69, 9.17) is 0 Å². The zero-order valence-electron chi connectivity index (χ0n) is 8.27. The van der Waals surface area contributed by atoms with Crippen LogP contribution in [0.4, 0.5) is 0 Å². The topological polar surface area (TPSA) is 17.8 Å². The highest BCUT2D eigenvalue weighted by molar-refractivity contribution is 5.14. The molecule has 0 saturated carbocycles. The molecule has 0 N–H and O–H groups in total. The first-order chi connectivity index (χ1) is 6.86. The van der Waals surface area contributed by atoms with Gasteiger partial charge in [0.2, 0.25) is 0 Å². The van der Waals surface area contributed by atoms with Gasteiger partial charge >= 0.3 is 0 Å². The maximum absolute atomic E-state index is 4.07. The van der Waals surface area contributed by atoms with Crippen LogP contribution in [0, 0.1) is 13.1 Å². The van der Waals surface area contributed by atoms with Crippen molar-refractivity contribution in [1.82, 2.24) is 9.55 Å². The summed E-state index contributed by atoms with van der Waals surface area (Å²) in [7, 11) is 0. The van der Waals surface area contributed by atoms with Crippen molar-refractivity contribution < 1.29 is 0 Å². The molecule has 0 bridgehead atoms. The zero-order chi connectivity index (χ0) is 9.80. The van der Waals surface area contributed by atoms with Crippen molar-refractivity contribution in [3.05, 3.63) is 54.1 Å². The molecule has 1 heterocycles. The molecule has 0 saturated heterocycles. The molecule has 1 aromatic carbocycles. The van der Waals surface area contributed by atoms with Crippen LogP contribution in [0.1, 0.15) is 11.4 Å². The second-order valence-corrected chi connectivity index (χ2v) is 3.35. The molecule has 2 heteroatoms. The largest absolute Gasteiger partial charge is 0.334 e. The minimum absolute atomic E-state index is 0.979. The maximum atomic E-state index is 4.07. The van der Waals surface area contributed by atoms with Gasteiger partial charge in [-0.1, -0.05) is 30.3 Å². The van der Waals surface area contributed by atoms with Gasteiger partial charge in [0.05, 0.1) is 0 Å². The Morgan fingerprint density at radius 1 is 1.29 bits per heavy atom. The maximum Gasteiger partial charge on any atom is 0.109 e. The van der Waals surface area contributed by atoms with Gasteiger partial charge in [-0.25, -0.2) is 4.98 Å². The van der Waals surface area contributed by atoms with Crippen LogP contribution in [0.5, 0.6) is 0 Å². The average Bonchev–Trinajstić information content (AvgIpc) is 2.63. The lowest BCUT2D eigenvalue weighted by Crippen LogP contribution is -2.01. The Balaban J connectivity index is 1.99. The summed E-state index contributed by atoms with van der Waals surface area (Å²) in [5, 5.41) is 0. The Bertz CT molecular complexity index is 390. The molecule has 0 unspecified atom stereocenters. The summed E-state index contributed by atoms with van der Waals surface area (Å²) in [6.45, 7) is 2.98. The molecule has 2 nitrogen and oxygen atoms in total. The Hall–Kier alpha value is -1.57. The Morgan fingerprint density at radius 2 is 2.07 bits per heavy atom. The van der Waals surface area contributed by atoms with E-state index in [1.54, 1.807) is 0 Å². The number of aryl methyl sites for hydroxylation is 3. The fourth-order valence-corrected chi connectivity index (χ4v) is 1.47. The molecule has 1 aromatic heterocycles. The Kier molecular flexibility index (Phi) is 2.63. The number of rotatable bonds is 3. The number of benzene rings is 1. The van der Waals surface area contributed by atoms with E-state index >= 15 is 0 Å². The molecular formula is C12H13N2. The Labute approximate surface area is 84.2 Å². The first kappa shape index (κ1) is 9.00. The molecule has 0 fully saturated rings. The van der Waals surface area contributed by atoms with Crippen LogP contribution >= 0.6 is 0 Å². The van der Waals surface area contributed by atoms with Gasteiger partial charge in [0.25, 0.3) is 0 Å². The van der Waals surface area contributed by atoms with Gasteiger partial charge in [-0.05, 0) is 18.9 Å². The van der Waals surface area contributed by atoms with Crippen molar-refractivity contribution in [2.75, 3.05) is 0 Å². The number of hydrogen-bond acceptors (Lipinski definition) is 1. The van der Waals surface area contributed by atoms with Crippen LogP contribution in [0.25, 0.3) is 0 Å². The summed E-state index contributed by atoms with van der Waals surface area (Å²) >= 11 is 0. The van der Waals surface area contributed by atoms with E-state index < -0.39 is 0 Å². The summed E-state index contributed by atoms with van der Waals surface area (Å²) in [5.41, 5.74) is 1.36. The van der Waals surface area contributed by atoms with E-state index in [0.29, 0.717) is 0 Å². The highest BCUT2D eigenvalue weighted by Gasteiger charge is 1.97. The third-order valence-corrected chi connectivity index (χ3v) is 2.34. The quantitative estimate of drug-likeness (QED) is 0.717. The predicted molar refractivity (Wildman–Crippen MR) is 55.9 cm³/mol. The highest BCUT2D eigenvalue weighted by Crippen LogP contribution is 2.03. The van der Waals surface area contributed by atoms with E-state index in [1.165, 1.54) is 5.56 Å². The molecule has 0 spiro atoms. The van der Waals surface area contributed by atoms with Crippen molar-refractivity contribution in [2.45, 2.75) is 19.9 Å². The van der Waals surface area contributed by atoms with Crippen molar-refractivity contribution in [1.29, 1.82) is 0 Å². The third-order valence-electron chi connectivity index (χ3n) is 2.34. The van der Waals surface area contributed by atoms with Gasteiger partial charge in [-0.3, -0.25) is 0 Å². The van der Waals surface area contributed by atoms with E-state index in [2.05, 4.69) is 40.0 Å². The number of imidazole rings is 1. The average molecular weight is 185 g/mol. The summed E-state index contributed by atoms with van der Waals surface area (Å²) in [6, 6.07) is 10.5. The van der Waals surface area contributed by atoms with E-state index in [-0.39, 0.29) is 0 Å². The van der Waals surface area contributed by atoms with Crippen LogP contribution in [-0.4, -0.2) is 9.55 Å². The van der Waals surface area contributed by atoms with Crippen LogP contribution < -0.4 is 0 Å². The first-order valence-corrected chi connectivity index (χ1v) is 4.80. The highest BCUT2D eigenvalue weighted by atomic mass is 15.0. The molecule has 0 aliphatic carbocycles. The fraction of sp³-hybridized carbons (Fsp3) is 0.250. The van der Waals surface area contributed by atoms with Crippen LogP contribution in [0.15, 0.2) is 36.5 Å². The summed E-state index contributed by atoms with van der Waals surface area (Å²) in [6.07, 6.45) is 5.80. The summed E-state index contributed by atoms with van der Waals surface area (Å²) in [4.78, 5) is 4.07. The molecule has 71 valence electrons. The lowest BCUT2D eigenvalue weighted by molar-refractivity contribution is 0.673. The monoisotopic (exact) mass is 185 g/mol. The molecule has 2 rings (SSSR count). The molecule has 0 atom stereocenters. The van der Waals surface area contributed by atoms with Gasteiger partial charge in [0.15, 0.2) is 0 Å². The summed E-state index contributed by atoms with van der Waals surface area (Å²) < 4.78 is 2.12. The minimum atomic E-state index is 0.979. The number of hydrogen-bond donors (Lipinski definition) is 0. The molecular weight excluding hydrogens is 172 g/mol. The lowest BCUT2D eigenvalue weighted by Gasteiger charge is -2.04. The van der Waals surface area contributed by atoms with Crippen molar-refractivity contribution >= 4 is 0 Å². The molecule has 14 heavy (non-hydrogen) atoms. The lowest BCUT2D eigenvalue weighted by atomic mass is 10.1. The third kappa shape index (κ3) is 2.02. The Morgan fingerprint density at radius 3 is 2.71 bits per heavy atom. The van der Waals surface area contributed by atoms with Gasteiger partial charge < -0.3 is 4.57 Å². The van der Waals surface area contributed by atoms with Gasteiger partial charge in [-0.2, -0.15) is 0 Å². The second kappa shape index (κ2) is 4.09. The smallest absolute Gasteiger partial charge is 0.109 e. The van der Waals surface area contributed by atoms with Crippen LogP contribution in [-0.2, 0) is 13.0 Å². The predicted octanol–water partition coefficient (Wildman–Crippen LogP) is 2.23. The van der Waals surface area contributed by atoms with E-state index in [1.807, 2.05) is 19.2 Å². The SMILES string of the molecule is Cc1n[c]cn1CCc1ccccc1. The second-order valence-electron chi connectivity index (χ2n) is 3.35. The van der Waals surface area contributed by atoms with E-state index in [0.717, 1.165) is 18.8 Å². The minimum Gasteiger partial charge on any atom is -0.334 e. The molecule has 0 amide bonds. The van der Waals surface area contributed by atoms with Crippen LogP contribution in [0.2, 0.25) is 0 Å². The van der Waals surface area contributed by atoms with Crippen molar-refractivity contribution in [3.8, 4) is 0 Å². The summed E-state index contributed by atoms with van der Waals surface area (Å²) in [5.74, 6) is 1.03. The van der Waals surface area contributed by atoms with Crippen LogP contribution in [0.3, 0.4) is 0 Å². The van der Waals surface area contributed by atoms with Gasteiger partial charge in [-0.15, -0.1) is 0 Å².